The molecule has 0 bridgehead atoms. The zero-order valence-corrected chi connectivity index (χ0v) is 10.5. The topological polar surface area (TPSA) is 26.0 Å². The number of hydrogen-bond acceptors (Lipinski definition) is 1. The van der Waals surface area contributed by atoms with Crippen LogP contribution in [0.4, 0.5) is 0 Å². The molecular weight excluding hydrogens is 170 g/mol. The Hall–Kier alpha value is -0.0400. The molecule has 0 amide bonds. The molecule has 2 atom stereocenters. The van der Waals surface area contributed by atoms with Crippen LogP contribution >= 0.6 is 0 Å². The van der Waals surface area contributed by atoms with E-state index < -0.39 is 0 Å². The summed E-state index contributed by atoms with van der Waals surface area (Å²) in [6.45, 7) is 15.3. The van der Waals surface area contributed by atoms with Crippen LogP contribution in [0.25, 0.3) is 0 Å². The molecule has 0 aromatic carbocycles. The van der Waals surface area contributed by atoms with E-state index in [0.29, 0.717) is 16.2 Å². The lowest BCUT2D eigenvalue weighted by atomic mass is 10.0. The highest BCUT2D eigenvalue weighted by Crippen LogP contribution is 2.80. The molecule has 0 heterocycles. The van der Waals surface area contributed by atoms with Crippen molar-refractivity contribution >= 4 is 0 Å². The second kappa shape index (κ2) is 2.37. The van der Waals surface area contributed by atoms with Crippen LogP contribution < -0.4 is 5.73 Å². The molecule has 2 N–H and O–H groups in total. The fraction of sp³-hybridized carbons (Fsp3) is 1.00. The zero-order valence-electron chi connectivity index (χ0n) is 10.5. The summed E-state index contributed by atoms with van der Waals surface area (Å²) in [6, 6.07) is 0. The van der Waals surface area contributed by atoms with E-state index in [9.17, 15) is 0 Å². The van der Waals surface area contributed by atoms with Crippen molar-refractivity contribution in [2.24, 2.45) is 39.7 Å². The quantitative estimate of drug-likeness (QED) is 0.720. The van der Waals surface area contributed by atoms with Crippen molar-refractivity contribution in [3.05, 3.63) is 0 Å². The van der Waals surface area contributed by atoms with Gasteiger partial charge in [0.15, 0.2) is 0 Å². The van der Waals surface area contributed by atoms with E-state index in [0.717, 1.165) is 24.3 Å². The Kier molecular flexibility index (Phi) is 1.77. The van der Waals surface area contributed by atoms with Gasteiger partial charge in [-0.2, -0.15) is 0 Å². The third kappa shape index (κ3) is 0.946. The SMILES string of the molecule is CC1(C)[C@@H](CN)[C@@H]1C1C(C)(C)C1(C)C. The van der Waals surface area contributed by atoms with Gasteiger partial charge in [0.05, 0.1) is 0 Å². The van der Waals surface area contributed by atoms with E-state index in [1.165, 1.54) is 0 Å². The minimum absolute atomic E-state index is 0.504. The van der Waals surface area contributed by atoms with Gasteiger partial charge in [0.1, 0.15) is 0 Å². The molecule has 0 aromatic heterocycles. The van der Waals surface area contributed by atoms with Gasteiger partial charge < -0.3 is 5.73 Å². The molecule has 1 heteroatoms. The fourth-order valence-corrected chi connectivity index (χ4v) is 4.04. The molecule has 0 aliphatic heterocycles. The van der Waals surface area contributed by atoms with Crippen LogP contribution in [0.3, 0.4) is 0 Å². The third-order valence-corrected chi connectivity index (χ3v) is 5.88. The standard InChI is InChI=1S/C13H25N/c1-11(2)8(7-14)9(11)10-12(3,4)13(10,5)6/h8-10H,7,14H2,1-6H3/t8-,9+/m0/s1. The normalized spacial score (nSPS) is 42.2. The fourth-order valence-electron chi connectivity index (χ4n) is 4.04. The maximum Gasteiger partial charge on any atom is -0.00407 e. The summed E-state index contributed by atoms with van der Waals surface area (Å²) >= 11 is 0. The Bertz CT molecular complexity index is 248. The molecule has 0 spiro atoms. The summed E-state index contributed by atoms with van der Waals surface area (Å²) in [7, 11) is 0. The minimum atomic E-state index is 0.504. The average molecular weight is 195 g/mol. The second-order valence-corrected chi connectivity index (χ2v) is 7.11. The molecule has 0 unspecified atom stereocenters. The van der Waals surface area contributed by atoms with Gasteiger partial charge in [-0.1, -0.05) is 41.5 Å². The highest BCUT2D eigenvalue weighted by molar-refractivity contribution is 5.23. The Morgan fingerprint density at radius 2 is 1.36 bits per heavy atom. The molecule has 2 rings (SSSR count). The summed E-state index contributed by atoms with van der Waals surface area (Å²) in [5, 5.41) is 0. The van der Waals surface area contributed by atoms with E-state index in [1.54, 1.807) is 0 Å². The van der Waals surface area contributed by atoms with Crippen molar-refractivity contribution in [3.8, 4) is 0 Å². The summed E-state index contributed by atoms with van der Waals surface area (Å²) < 4.78 is 0. The van der Waals surface area contributed by atoms with E-state index in [1.807, 2.05) is 0 Å². The molecule has 0 radical (unpaired) electrons. The molecular formula is C13H25N. The smallest absolute Gasteiger partial charge is 0.00407 e. The van der Waals surface area contributed by atoms with Crippen LogP contribution in [-0.4, -0.2) is 6.54 Å². The predicted octanol–water partition coefficient (Wildman–Crippen LogP) is 2.90. The maximum atomic E-state index is 5.84. The van der Waals surface area contributed by atoms with Crippen LogP contribution in [0.15, 0.2) is 0 Å². The van der Waals surface area contributed by atoms with Crippen molar-refractivity contribution in [3.63, 3.8) is 0 Å². The summed E-state index contributed by atoms with van der Waals surface area (Å²) in [6.07, 6.45) is 0. The van der Waals surface area contributed by atoms with E-state index in [4.69, 9.17) is 5.73 Å². The van der Waals surface area contributed by atoms with Gasteiger partial charge >= 0.3 is 0 Å². The van der Waals surface area contributed by atoms with Crippen molar-refractivity contribution < 1.29 is 0 Å². The van der Waals surface area contributed by atoms with Gasteiger partial charge in [0.25, 0.3) is 0 Å². The van der Waals surface area contributed by atoms with E-state index >= 15 is 0 Å². The Balaban J connectivity index is 2.15. The van der Waals surface area contributed by atoms with Crippen LogP contribution in [0, 0.1) is 34.0 Å². The molecule has 2 fully saturated rings. The lowest BCUT2D eigenvalue weighted by molar-refractivity contribution is 0.446. The first kappa shape index (κ1) is 10.5. The van der Waals surface area contributed by atoms with Gasteiger partial charge in [0.2, 0.25) is 0 Å². The van der Waals surface area contributed by atoms with Gasteiger partial charge in [-0.05, 0) is 40.5 Å². The molecule has 2 aliphatic rings. The molecule has 2 aliphatic carbocycles. The predicted molar refractivity (Wildman–Crippen MR) is 60.9 cm³/mol. The van der Waals surface area contributed by atoms with Gasteiger partial charge in [-0.15, -0.1) is 0 Å². The van der Waals surface area contributed by atoms with Crippen LogP contribution in [0.2, 0.25) is 0 Å². The zero-order chi connectivity index (χ0) is 10.9. The van der Waals surface area contributed by atoms with E-state index in [-0.39, 0.29) is 0 Å². The van der Waals surface area contributed by atoms with Crippen molar-refractivity contribution in [2.45, 2.75) is 41.5 Å². The molecule has 14 heavy (non-hydrogen) atoms. The molecule has 1 nitrogen and oxygen atoms in total. The highest BCUT2D eigenvalue weighted by atomic mass is 14.8. The van der Waals surface area contributed by atoms with Gasteiger partial charge in [0, 0.05) is 0 Å². The number of rotatable bonds is 2. The third-order valence-electron chi connectivity index (χ3n) is 5.88. The molecule has 2 saturated carbocycles. The van der Waals surface area contributed by atoms with Gasteiger partial charge in [-0.3, -0.25) is 0 Å². The monoisotopic (exact) mass is 195 g/mol. The van der Waals surface area contributed by atoms with E-state index in [2.05, 4.69) is 41.5 Å². The second-order valence-electron chi connectivity index (χ2n) is 7.11. The number of hydrogen-bond donors (Lipinski definition) is 1. The Morgan fingerprint density at radius 3 is 1.57 bits per heavy atom. The molecule has 82 valence electrons. The summed E-state index contributed by atoms with van der Waals surface area (Å²) in [4.78, 5) is 0. The first-order valence-electron chi connectivity index (χ1n) is 5.89. The van der Waals surface area contributed by atoms with Crippen LogP contribution in [-0.2, 0) is 0 Å². The van der Waals surface area contributed by atoms with Crippen LogP contribution in [0.1, 0.15) is 41.5 Å². The minimum Gasteiger partial charge on any atom is -0.330 e. The van der Waals surface area contributed by atoms with Crippen LogP contribution in [0.5, 0.6) is 0 Å². The first-order chi connectivity index (χ1) is 6.19. The largest absolute Gasteiger partial charge is 0.330 e. The number of nitrogens with two attached hydrogens (primary N) is 1. The highest BCUT2D eigenvalue weighted by Gasteiger charge is 2.76. The average Bonchev–Trinajstić information content (AvgIpc) is 2.65. The summed E-state index contributed by atoms with van der Waals surface area (Å²) in [5.41, 5.74) is 7.40. The molecule has 0 saturated heterocycles. The van der Waals surface area contributed by atoms with Crippen molar-refractivity contribution in [1.82, 2.24) is 0 Å². The maximum absolute atomic E-state index is 5.84. The lowest BCUT2D eigenvalue weighted by Crippen LogP contribution is -2.05. The Morgan fingerprint density at radius 1 is 0.929 bits per heavy atom. The van der Waals surface area contributed by atoms with Crippen molar-refractivity contribution in [1.29, 1.82) is 0 Å². The van der Waals surface area contributed by atoms with Gasteiger partial charge in [-0.25, -0.2) is 0 Å². The molecule has 0 aromatic rings. The van der Waals surface area contributed by atoms with Crippen molar-refractivity contribution in [2.75, 3.05) is 6.54 Å². The summed E-state index contributed by atoms with van der Waals surface area (Å²) in [5.74, 6) is 2.53. The Labute approximate surface area is 88.4 Å². The lowest BCUT2D eigenvalue weighted by Gasteiger charge is -2.04. The first-order valence-corrected chi connectivity index (χ1v) is 5.89.